The summed E-state index contributed by atoms with van der Waals surface area (Å²) in [7, 11) is 0. The zero-order valence-electron chi connectivity index (χ0n) is 14.0. The summed E-state index contributed by atoms with van der Waals surface area (Å²) in [6.07, 6.45) is 2.98. The highest BCUT2D eigenvalue weighted by Gasteiger charge is 2.17. The number of nitrogens with zero attached hydrogens (tertiary/aromatic N) is 3. The van der Waals surface area contributed by atoms with Crippen molar-refractivity contribution in [3.63, 3.8) is 0 Å². The quantitative estimate of drug-likeness (QED) is 0.732. The monoisotopic (exact) mass is 358 g/mol. The van der Waals surface area contributed by atoms with E-state index in [4.69, 9.17) is 16.7 Å². The Morgan fingerprint density at radius 2 is 2.00 bits per heavy atom. The van der Waals surface area contributed by atoms with E-state index < -0.39 is 0 Å². The molecule has 1 amide bonds. The third-order valence-corrected chi connectivity index (χ3v) is 4.37. The highest BCUT2D eigenvalue weighted by atomic mass is 35.5. The molecule has 0 radical (unpaired) electrons. The molecule has 0 aliphatic rings. The summed E-state index contributed by atoms with van der Waals surface area (Å²) in [5, 5.41) is 12.1. The highest BCUT2D eigenvalue weighted by molar-refractivity contribution is 6.38. The second kappa shape index (κ2) is 7.21. The van der Waals surface area contributed by atoms with Crippen molar-refractivity contribution in [2.75, 3.05) is 11.9 Å². The first-order valence-corrected chi connectivity index (χ1v) is 8.40. The Hall–Kier alpha value is -2.44. The van der Waals surface area contributed by atoms with Gasteiger partial charge in [-0.15, -0.1) is 0 Å². The molecular formula is C18H19ClN4O2. The van der Waals surface area contributed by atoms with Crippen LogP contribution in [0.15, 0.2) is 36.8 Å². The summed E-state index contributed by atoms with van der Waals surface area (Å²) in [4.78, 5) is 21.0. The molecule has 0 spiro atoms. The smallest absolute Gasteiger partial charge is 0.258 e. The predicted octanol–water partition coefficient (Wildman–Crippen LogP) is 3.45. The van der Waals surface area contributed by atoms with Crippen molar-refractivity contribution in [3.05, 3.63) is 52.9 Å². The van der Waals surface area contributed by atoms with Crippen LogP contribution in [0.2, 0.25) is 5.02 Å². The lowest BCUT2D eigenvalue weighted by molar-refractivity contribution is 0.102. The van der Waals surface area contributed by atoms with Crippen LogP contribution >= 0.6 is 11.6 Å². The summed E-state index contributed by atoms with van der Waals surface area (Å²) in [5.41, 5.74) is 3.14. The number of imidazole rings is 1. The first-order chi connectivity index (χ1) is 12.0. The number of fused-ring (bicyclic) bond motifs is 1. The van der Waals surface area contributed by atoms with Gasteiger partial charge < -0.3 is 15.0 Å². The summed E-state index contributed by atoms with van der Waals surface area (Å²) >= 11 is 6.34. The van der Waals surface area contributed by atoms with Gasteiger partial charge in [-0.25, -0.2) is 9.97 Å². The molecule has 2 N–H and O–H groups in total. The number of nitrogens with one attached hydrogen (secondary N) is 1. The number of halogens is 1. The molecule has 7 heteroatoms. The van der Waals surface area contributed by atoms with E-state index in [0.717, 1.165) is 0 Å². The van der Waals surface area contributed by atoms with Gasteiger partial charge in [0, 0.05) is 18.4 Å². The molecule has 0 saturated carbocycles. The van der Waals surface area contributed by atoms with Gasteiger partial charge in [0.25, 0.3) is 5.91 Å². The molecule has 0 aliphatic carbocycles. The van der Waals surface area contributed by atoms with E-state index >= 15 is 0 Å². The molecule has 0 aliphatic heterocycles. The van der Waals surface area contributed by atoms with Gasteiger partial charge in [0.05, 0.1) is 23.5 Å². The maximum Gasteiger partial charge on any atom is 0.258 e. The van der Waals surface area contributed by atoms with E-state index in [9.17, 15) is 4.79 Å². The molecule has 1 aromatic carbocycles. The minimum Gasteiger partial charge on any atom is -0.395 e. The van der Waals surface area contributed by atoms with Crippen LogP contribution in [0, 0.1) is 0 Å². The number of aromatic nitrogens is 3. The van der Waals surface area contributed by atoms with Crippen LogP contribution in [0.4, 0.5) is 5.69 Å². The molecule has 3 rings (SSSR count). The molecule has 0 bridgehead atoms. The minimum absolute atomic E-state index is 0.0284. The lowest BCUT2D eigenvalue weighted by Gasteiger charge is -2.09. The number of aliphatic hydroxyl groups excluding tert-OH is 1. The third-order valence-electron chi connectivity index (χ3n) is 3.99. The molecule has 0 saturated heterocycles. The number of carbonyl (C=O) groups is 1. The van der Waals surface area contributed by atoms with Crippen LogP contribution in [0.1, 0.15) is 35.7 Å². The molecule has 0 unspecified atom stereocenters. The van der Waals surface area contributed by atoms with Crippen molar-refractivity contribution < 1.29 is 9.90 Å². The normalized spacial score (nSPS) is 11.2. The summed E-state index contributed by atoms with van der Waals surface area (Å²) < 4.78 is 1.69. The van der Waals surface area contributed by atoms with Gasteiger partial charge in [0.15, 0.2) is 5.65 Å². The molecule has 0 fully saturated rings. The first-order valence-electron chi connectivity index (χ1n) is 8.02. The van der Waals surface area contributed by atoms with Crippen molar-refractivity contribution in [1.29, 1.82) is 0 Å². The minimum atomic E-state index is -0.339. The van der Waals surface area contributed by atoms with Crippen molar-refractivity contribution in [2.24, 2.45) is 0 Å². The predicted molar refractivity (Wildman–Crippen MR) is 98.1 cm³/mol. The van der Waals surface area contributed by atoms with E-state index in [1.807, 2.05) is 24.3 Å². The molecule has 0 atom stereocenters. The lowest BCUT2D eigenvalue weighted by Crippen LogP contribution is -2.13. The van der Waals surface area contributed by atoms with E-state index in [1.54, 1.807) is 10.9 Å². The van der Waals surface area contributed by atoms with Crippen molar-refractivity contribution >= 4 is 34.4 Å². The summed E-state index contributed by atoms with van der Waals surface area (Å²) in [5.74, 6) is 0.0910. The van der Waals surface area contributed by atoms with Crippen LogP contribution in [0.3, 0.4) is 0 Å². The van der Waals surface area contributed by atoms with Gasteiger partial charge in [0.2, 0.25) is 0 Å². The van der Waals surface area contributed by atoms with Crippen molar-refractivity contribution in [2.45, 2.75) is 26.3 Å². The van der Waals surface area contributed by atoms with Gasteiger partial charge in [-0.1, -0.05) is 37.6 Å². The molecule has 2 heterocycles. The zero-order chi connectivity index (χ0) is 18.0. The molecule has 25 heavy (non-hydrogen) atoms. The van der Waals surface area contributed by atoms with Gasteiger partial charge in [-0.3, -0.25) is 4.79 Å². The van der Waals surface area contributed by atoms with E-state index in [1.165, 1.54) is 11.8 Å². The second-order valence-electron chi connectivity index (χ2n) is 6.05. The molecule has 130 valence electrons. The number of anilines is 1. The Balaban J connectivity index is 1.85. The molecule has 2 aromatic heterocycles. The topological polar surface area (TPSA) is 80.0 Å². The van der Waals surface area contributed by atoms with Crippen LogP contribution in [-0.4, -0.2) is 32.2 Å². The van der Waals surface area contributed by atoms with E-state index in [0.29, 0.717) is 29.3 Å². The fourth-order valence-electron chi connectivity index (χ4n) is 2.56. The second-order valence-corrected chi connectivity index (χ2v) is 6.43. The summed E-state index contributed by atoms with van der Waals surface area (Å²) in [6, 6.07) is 7.70. The SMILES string of the molecule is CC(C)c1ccc(NC(=O)c2cnc3c(ncn3CCO)c2Cl)cc1. The zero-order valence-corrected chi connectivity index (χ0v) is 14.8. The van der Waals surface area contributed by atoms with Crippen LogP contribution < -0.4 is 5.32 Å². The van der Waals surface area contributed by atoms with Crippen LogP contribution in [-0.2, 0) is 6.54 Å². The number of hydrogen-bond donors (Lipinski definition) is 2. The van der Waals surface area contributed by atoms with Gasteiger partial charge in [-0.05, 0) is 23.6 Å². The average molecular weight is 359 g/mol. The Morgan fingerprint density at radius 1 is 1.28 bits per heavy atom. The molecule has 3 aromatic rings. The number of amides is 1. The van der Waals surface area contributed by atoms with Gasteiger partial charge in [0.1, 0.15) is 5.52 Å². The van der Waals surface area contributed by atoms with E-state index in [-0.39, 0.29) is 23.1 Å². The average Bonchev–Trinajstić information content (AvgIpc) is 3.00. The maximum atomic E-state index is 12.5. The Kier molecular flexibility index (Phi) is 5.01. The fraction of sp³-hybridized carbons (Fsp3) is 0.278. The lowest BCUT2D eigenvalue weighted by atomic mass is 10.0. The Bertz CT molecular complexity index is 903. The number of pyridine rings is 1. The Morgan fingerprint density at radius 3 is 2.64 bits per heavy atom. The molecular weight excluding hydrogens is 340 g/mol. The van der Waals surface area contributed by atoms with Gasteiger partial charge in [-0.2, -0.15) is 0 Å². The third kappa shape index (κ3) is 3.50. The number of carbonyl (C=O) groups excluding carboxylic acids is 1. The van der Waals surface area contributed by atoms with Gasteiger partial charge >= 0.3 is 0 Å². The first kappa shape index (κ1) is 17.4. The molecule has 6 nitrogen and oxygen atoms in total. The van der Waals surface area contributed by atoms with E-state index in [2.05, 4.69) is 29.1 Å². The van der Waals surface area contributed by atoms with Crippen LogP contribution in [0.5, 0.6) is 0 Å². The number of hydrogen-bond acceptors (Lipinski definition) is 4. The standard InChI is InChI=1S/C18H19ClN4O2/c1-11(2)12-3-5-13(6-4-12)22-18(25)14-9-20-17-16(15(14)19)21-10-23(17)7-8-24/h3-6,9-11,24H,7-8H2,1-2H3,(H,22,25). The number of benzene rings is 1. The number of aliphatic hydroxyl groups is 1. The van der Waals surface area contributed by atoms with Crippen LogP contribution in [0.25, 0.3) is 11.2 Å². The summed E-state index contributed by atoms with van der Waals surface area (Å²) in [6.45, 7) is 4.57. The number of rotatable bonds is 5. The maximum absolute atomic E-state index is 12.5. The van der Waals surface area contributed by atoms with Crippen molar-refractivity contribution in [1.82, 2.24) is 14.5 Å². The highest BCUT2D eigenvalue weighted by Crippen LogP contribution is 2.25. The Labute approximate surface area is 150 Å². The largest absolute Gasteiger partial charge is 0.395 e. The van der Waals surface area contributed by atoms with Crippen molar-refractivity contribution in [3.8, 4) is 0 Å². The fourth-order valence-corrected chi connectivity index (χ4v) is 2.82.